The summed E-state index contributed by atoms with van der Waals surface area (Å²) in [5, 5.41) is 8.68. The molecule has 0 radical (unpaired) electrons. The van der Waals surface area contributed by atoms with Crippen LogP contribution in [0.4, 0.5) is 5.69 Å². The van der Waals surface area contributed by atoms with Crippen molar-refractivity contribution in [1.82, 2.24) is 0 Å². The Balaban J connectivity index is 2.96. The van der Waals surface area contributed by atoms with E-state index in [1.165, 1.54) is 6.07 Å². The van der Waals surface area contributed by atoms with Gasteiger partial charge in [0, 0.05) is 5.69 Å². The second-order valence-electron chi connectivity index (χ2n) is 4.99. The molecule has 0 spiro atoms. The molecule has 5 nitrogen and oxygen atoms in total. The summed E-state index contributed by atoms with van der Waals surface area (Å²) in [6.45, 7) is 4.78. The van der Waals surface area contributed by atoms with Gasteiger partial charge in [0.15, 0.2) is 0 Å². The molecule has 0 saturated heterocycles. The summed E-state index contributed by atoms with van der Waals surface area (Å²) >= 11 is 0. The van der Waals surface area contributed by atoms with E-state index >= 15 is 0 Å². The maximum absolute atomic E-state index is 11.9. The third kappa shape index (κ3) is 3.73. The van der Waals surface area contributed by atoms with E-state index in [9.17, 15) is 13.2 Å². The van der Waals surface area contributed by atoms with Gasteiger partial charge < -0.3 is 5.11 Å². The number of carboxylic acid groups (broad SMARTS) is 1. The molecular weight excluding hydrogens is 254 g/mol. The second-order valence-corrected chi connectivity index (χ2v) is 7.42. The van der Waals surface area contributed by atoms with Gasteiger partial charge in [0.2, 0.25) is 10.0 Å². The molecule has 0 saturated carbocycles. The molecule has 0 atom stereocenters. The van der Waals surface area contributed by atoms with Gasteiger partial charge in [-0.05, 0) is 38.5 Å². The van der Waals surface area contributed by atoms with E-state index in [1.807, 2.05) is 0 Å². The maximum atomic E-state index is 11.9. The van der Waals surface area contributed by atoms with Crippen LogP contribution in [0, 0.1) is 0 Å². The zero-order valence-corrected chi connectivity index (χ0v) is 11.4. The Hall–Kier alpha value is -1.56. The summed E-state index contributed by atoms with van der Waals surface area (Å²) in [5.74, 6) is -0.953. The number of nitrogens with one attached hydrogen (secondary N) is 1. The Labute approximate surface area is 107 Å². The van der Waals surface area contributed by atoms with Crippen LogP contribution in [0.3, 0.4) is 0 Å². The highest BCUT2D eigenvalue weighted by molar-refractivity contribution is 7.94. The fourth-order valence-corrected chi connectivity index (χ4v) is 1.97. The van der Waals surface area contributed by atoms with Crippen molar-refractivity contribution in [2.75, 3.05) is 4.72 Å². The summed E-state index contributed by atoms with van der Waals surface area (Å²) in [7, 11) is -3.49. The monoisotopic (exact) mass is 271 g/mol. The number of hydrogen-bond donors (Lipinski definition) is 2. The largest absolute Gasteiger partial charge is 0.481 e. The van der Waals surface area contributed by atoms with Gasteiger partial charge in [0.25, 0.3) is 0 Å². The predicted molar refractivity (Wildman–Crippen MR) is 70.1 cm³/mol. The molecule has 1 rings (SSSR count). The lowest BCUT2D eigenvalue weighted by Gasteiger charge is -2.20. The minimum atomic E-state index is -3.49. The number of carboxylic acids is 1. The van der Waals surface area contributed by atoms with Gasteiger partial charge in [0.1, 0.15) is 0 Å². The van der Waals surface area contributed by atoms with Gasteiger partial charge in [-0.15, -0.1) is 0 Å². The molecule has 0 heterocycles. The number of sulfonamides is 1. The molecule has 0 aliphatic carbocycles. The van der Waals surface area contributed by atoms with E-state index in [4.69, 9.17) is 5.11 Å². The fourth-order valence-electron chi connectivity index (χ4n) is 1.23. The van der Waals surface area contributed by atoms with Crippen molar-refractivity contribution in [2.24, 2.45) is 0 Å². The number of carbonyl (C=O) groups is 1. The van der Waals surface area contributed by atoms with Crippen LogP contribution in [-0.2, 0) is 21.2 Å². The third-order valence-corrected chi connectivity index (χ3v) is 4.46. The van der Waals surface area contributed by atoms with Crippen LogP contribution in [0.15, 0.2) is 24.3 Å². The molecular formula is C12H17NO4S. The Morgan fingerprint density at radius 1 is 1.33 bits per heavy atom. The number of hydrogen-bond acceptors (Lipinski definition) is 3. The highest BCUT2D eigenvalue weighted by Gasteiger charge is 2.28. The van der Waals surface area contributed by atoms with E-state index in [0.717, 1.165) is 0 Å². The zero-order valence-electron chi connectivity index (χ0n) is 10.6. The van der Waals surface area contributed by atoms with E-state index in [1.54, 1.807) is 39.0 Å². The molecule has 0 bridgehead atoms. The van der Waals surface area contributed by atoms with Crippen molar-refractivity contribution in [3.05, 3.63) is 29.8 Å². The normalized spacial score (nSPS) is 12.2. The first-order valence-electron chi connectivity index (χ1n) is 5.45. The van der Waals surface area contributed by atoms with Crippen molar-refractivity contribution in [3.8, 4) is 0 Å². The Morgan fingerprint density at radius 3 is 2.44 bits per heavy atom. The first-order chi connectivity index (χ1) is 8.12. The molecule has 0 amide bonds. The van der Waals surface area contributed by atoms with Gasteiger partial charge in [0.05, 0.1) is 11.2 Å². The number of rotatable bonds is 4. The fraction of sp³-hybridized carbons (Fsp3) is 0.417. The zero-order chi connectivity index (χ0) is 14.0. The van der Waals surface area contributed by atoms with Crippen LogP contribution < -0.4 is 4.72 Å². The van der Waals surface area contributed by atoms with Gasteiger partial charge in [-0.3, -0.25) is 9.52 Å². The molecule has 0 aromatic heterocycles. The molecule has 0 aliphatic heterocycles. The summed E-state index contributed by atoms with van der Waals surface area (Å²) in [4.78, 5) is 10.6. The molecule has 0 fully saturated rings. The molecule has 2 N–H and O–H groups in total. The summed E-state index contributed by atoms with van der Waals surface area (Å²) < 4.78 is 25.4. The van der Waals surface area contributed by atoms with Gasteiger partial charge >= 0.3 is 5.97 Å². The van der Waals surface area contributed by atoms with E-state index < -0.39 is 20.7 Å². The van der Waals surface area contributed by atoms with Crippen LogP contribution in [0.25, 0.3) is 0 Å². The van der Waals surface area contributed by atoms with E-state index in [0.29, 0.717) is 11.3 Å². The second kappa shape index (κ2) is 4.97. The summed E-state index contributed by atoms with van der Waals surface area (Å²) in [5.41, 5.74) is 0.931. The van der Waals surface area contributed by atoms with Crippen LogP contribution >= 0.6 is 0 Å². The average molecular weight is 271 g/mol. The van der Waals surface area contributed by atoms with Crippen molar-refractivity contribution in [3.63, 3.8) is 0 Å². The van der Waals surface area contributed by atoms with E-state index in [2.05, 4.69) is 4.72 Å². The van der Waals surface area contributed by atoms with Crippen molar-refractivity contribution < 1.29 is 18.3 Å². The molecule has 100 valence electrons. The lowest BCUT2D eigenvalue weighted by molar-refractivity contribution is -0.136. The van der Waals surface area contributed by atoms with Gasteiger partial charge in [-0.2, -0.15) is 0 Å². The highest BCUT2D eigenvalue weighted by Crippen LogP contribution is 2.20. The predicted octanol–water partition coefficient (Wildman–Crippen LogP) is 1.85. The summed E-state index contributed by atoms with van der Waals surface area (Å²) in [6, 6.07) is 6.38. The average Bonchev–Trinajstić information content (AvgIpc) is 2.14. The lowest BCUT2D eigenvalue weighted by Crippen LogP contribution is -2.33. The molecule has 0 unspecified atom stereocenters. The van der Waals surface area contributed by atoms with Crippen LogP contribution in [0.1, 0.15) is 26.3 Å². The smallest absolute Gasteiger partial charge is 0.307 e. The third-order valence-electron chi connectivity index (χ3n) is 2.34. The molecule has 1 aromatic carbocycles. The number of aliphatic carboxylic acids is 1. The maximum Gasteiger partial charge on any atom is 0.307 e. The topological polar surface area (TPSA) is 83.5 Å². The first kappa shape index (κ1) is 14.5. The Bertz CT molecular complexity index is 543. The SMILES string of the molecule is CC(C)(C)S(=O)(=O)Nc1cccc(CC(=O)O)c1. The Morgan fingerprint density at radius 2 is 1.94 bits per heavy atom. The minimum absolute atomic E-state index is 0.134. The van der Waals surface area contributed by atoms with Crippen molar-refractivity contribution in [1.29, 1.82) is 0 Å². The lowest BCUT2D eigenvalue weighted by atomic mass is 10.1. The van der Waals surface area contributed by atoms with Gasteiger partial charge in [-0.1, -0.05) is 12.1 Å². The molecule has 1 aromatic rings. The van der Waals surface area contributed by atoms with Crippen LogP contribution in [0.2, 0.25) is 0 Å². The van der Waals surface area contributed by atoms with Gasteiger partial charge in [-0.25, -0.2) is 8.42 Å². The number of anilines is 1. The summed E-state index contributed by atoms with van der Waals surface area (Å²) in [6.07, 6.45) is -0.134. The quantitative estimate of drug-likeness (QED) is 0.875. The molecule has 0 aliphatic rings. The Kier molecular flexibility index (Phi) is 4.01. The first-order valence-corrected chi connectivity index (χ1v) is 6.93. The van der Waals surface area contributed by atoms with E-state index in [-0.39, 0.29) is 6.42 Å². The van der Waals surface area contributed by atoms with Crippen LogP contribution in [0.5, 0.6) is 0 Å². The highest BCUT2D eigenvalue weighted by atomic mass is 32.2. The van der Waals surface area contributed by atoms with Crippen molar-refractivity contribution in [2.45, 2.75) is 31.9 Å². The van der Waals surface area contributed by atoms with Crippen LogP contribution in [-0.4, -0.2) is 24.2 Å². The standard InChI is InChI=1S/C12H17NO4S/c1-12(2,3)18(16,17)13-10-6-4-5-9(7-10)8-11(14)15/h4-7,13H,8H2,1-3H3,(H,14,15). The number of benzene rings is 1. The minimum Gasteiger partial charge on any atom is -0.481 e. The van der Waals surface area contributed by atoms with Crippen molar-refractivity contribution >= 4 is 21.7 Å². The molecule has 18 heavy (non-hydrogen) atoms. The molecule has 6 heteroatoms.